The molecule has 0 atom stereocenters. The van der Waals surface area contributed by atoms with Crippen molar-refractivity contribution >= 4 is 23.4 Å². The Morgan fingerprint density at radius 1 is 1.09 bits per heavy atom. The number of fused-ring (bicyclic) bond motifs is 1. The molecule has 35 heavy (non-hydrogen) atoms. The third kappa shape index (κ3) is 5.93. The predicted octanol–water partition coefficient (Wildman–Crippen LogP) is 5.54. The van der Waals surface area contributed by atoms with Gasteiger partial charge in [-0.2, -0.15) is 0 Å². The van der Waals surface area contributed by atoms with Crippen LogP contribution in [-0.2, 0) is 11.3 Å². The number of carbonyl (C=O) groups excluding carboxylic acids is 1. The summed E-state index contributed by atoms with van der Waals surface area (Å²) in [6.45, 7) is 2.66. The lowest BCUT2D eigenvalue weighted by molar-refractivity contribution is -0.109. The number of aryl methyl sites for hydroxylation is 1. The van der Waals surface area contributed by atoms with Crippen LogP contribution < -0.4 is 5.32 Å². The Morgan fingerprint density at radius 3 is 2.54 bits per heavy atom. The van der Waals surface area contributed by atoms with Crippen LogP contribution in [0.25, 0.3) is 22.4 Å². The first-order chi connectivity index (χ1) is 17.1. The molecule has 0 bridgehead atoms. The third-order valence-electron chi connectivity index (χ3n) is 6.29. The van der Waals surface area contributed by atoms with Crippen molar-refractivity contribution in [2.24, 2.45) is 0 Å². The van der Waals surface area contributed by atoms with Crippen molar-refractivity contribution in [3.05, 3.63) is 83.7 Å². The number of amides is 1. The van der Waals surface area contributed by atoms with Crippen molar-refractivity contribution in [3.8, 4) is 11.4 Å². The molecule has 1 aliphatic carbocycles. The first-order valence-electron chi connectivity index (χ1n) is 11.9. The zero-order valence-corrected chi connectivity index (χ0v) is 19.9. The molecule has 7 nitrogen and oxygen atoms in total. The molecule has 0 radical (unpaired) electrons. The summed E-state index contributed by atoms with van der Waals surface area (Å²) < 4.78 is 2.34. The zero-order valence-electron chi connectivity index (χ0n) is 19.9. The van der Waals surface area contributed by atoms with Crippen LogP contribution in [0.3, 0.4) is 0 Å². The summed E-state index contributed by atoms with van der Waals surface area (Å²) in [5, 5.41) is 11.8. The monoisotopic (exact) mass is 470 g/mol. The van der Waals surface area contributed by atoms with Crippen molar-refractivity contribution in [2.45, 2.75) is 51.6 Å². The van der Waals surface area contributed by atoms with Crippen LogP contribution in [0.4, 0.5) is 0 Å². The minimum atomic E-state index is -0.911. The van der Waals surface area contributed by atoms with Crippen molar-refractivity contribution in [3.63, 3.8) is 0 Å². The molecule has 4 aromatic rings. The van der Waals surface area contributed by atoms with Crippen LogP contribution in [0, 0.1) is 6.92 Å². The summed E-state index contributed by atoms with van der Waals surface area (Å²) >= 11 is 0. The number of benzene rings is 2. The molecule has 180 valence electrons. The summed E-state index contributed by atoms with van der Waals surface area (Å²) in [6.07, 6.45) is 10.2. The normalized spacial score (nSPS) is 13.6. The smallest absolute Gasteiger partial charge is 0.335 e. The number of pyridine rings is 1. The molecule has 2 aromatic carbocycles. The Bertz CT molecular complexity index is 1290. The topological polar surface area (TPSA) is 97.1 Å². The van der Waals surface area contributed by atoms with Crippen LogP contribution >= 0.6 is 0 Å². The molecule has 0 unspecified atom stereocenters. The highest BCUT2D eigenvalue weighted by molar-refractivity contribution is 5.93. The Balaban J connectivity index is 0.000000243. The van der Waals surface area contributed by atoms with Gasteiger partial charge in [-0.1, -0.05) is 43.0 Å². The van der Waals surface area contributed by atoms with Crippen molar-refractivity contribution in [1.29, 1.82) is 0 Å². The highest BCUT2D eigenvalue weighted by atomic mass is 16.4. The van der Waals surface area contributed by atoms with Gasteiger partial charge >= 0.3 is 5.97 Å². The van der Waals surface area contributed by atoms with E-state index < -0.39 is 5.97 Å². The number of rotatable bonds is 6. The van der Waals surface area contributed by atoms with Gasteiger partial charge in [-0.25, -0.2) is 9.78 Å². The number of nitrogens with zero attached hydrogens (tertiary/aromatic N) is 3. The van der Waals surface area contributed by atoms with Gasteiger partial charge in [-0.05, 0) is 61.7 Å². The molecule has 1 aliphatic rings. The predicted molar refractivity (Wildman–Crippen MR) is 136 cm³/mol. The van der Waals surface area contributed by atoms with Crippen LogP contribution in [-0.4, -0.2) is 32.0 Å². The fraction of sp³-hybridized carbons (Fsp3) is 0.286. The number of hydrogen-bond acceptors (Lipinski definition) is 4. The van der Waals surface area contributed by atoms with Gasteiger partial charge in [0.1, 0.15) is 5.82 Å². The molecule has 1 saturated carbocycles. The average molecular weight is 471 g/mol. The Morgan fingerprint density at radius 2 is 1.86 bits per heavy atom. The maximum atomic E-state index is 11.3. The second-order valence-electron chi connectivity index (χ2n) is 8.83. The molecular formula is C28H30N4O3. The number of hydrogen-bond donors (Lipinski definition) is 2. The Hall–Kier alpha value is -4.00. The molecule has 2 heterocycles. The van der Waals surface area contributed by atoms with Gasteiger partial charge in [0.05, 0.1) is 16.6 Å². The quantitative estimate of drug-likeness (QED) is 0.361. The summed E-state index contributed by atoms with van der Waals surface area (Å²) in [6, 6.07) is 17.8. The van der Waals surface area contributed by atoms with E-state index in [0.717, 1.165) is 40.8 Å². The third-order valence-corrected chi connectivity index (χ3v) is 6.29. The van der Waals surface area contributed by atoms with Crippen molar-refractivity contribution < 1.29 is 14.7 Å². The summed E-state index contributed by atoms with van der Waals surface area (Å²) in [4.78, 5) is 29.8. The minimum Gasteiger partial charge on any atom is -0.478 e. The van der Waals surface area contributed by atoms with E-state index in [1.54, 1.807) is 24.5 Å². The lowest BCUT2D eigenvalue weighted by Gasteiger charge is -2.25. The van der Waals surface area contributed by atoms with Gasteiger partial charge < -0.3 is 15.0 Å². The van der Waals surface area contributed by atoms with E-state index in [1.807, 2.05) is 18.2 Å². The van der Waals surface area contributed by atoms with Gasteiger partial charge in [0.2, 0.25) is 6.41 Å². The Labute approximate surface area is 204 Å². The molecule has 1 amide bonds. The molecular weight excluding hydrogens is 440 g/mol. The van der Waals surface area contributed by atoms with Gasteiger partial charge in [0.25, 0.3) is 0 Å². The van der Waals surface area contributed by atoms with E-state index in [2.05, 4.69) is 46.1 Å². The van der Waals surface area contributed by atoms with Gasteiger partial charge in [0, 0.05) is 30.5 Å². The second kappa shape index (κ2) is 11.4. The molecule has 0 spiro atoms. The standard InChI is InChI=1S/C21H22N2O2.C7H8N2O/c1-14-6-5-7-15(12-14)20-22-18-13-16(21(24)25)10-11-19(18)23(20)17-8-3-2-4-9-17;10-6-9-5-7-1-3-8-4-2-7/h5-7,10-13,17H,2-4,8-9H2,1H3,(H,24,25);1-4,6H,5H2,(H,9,10). The second-order valence-corrected chi connectivity index (χ2v) is 8.83. The highest BCUT2D eigenvalue weighted by Gasteiger charge is 2.23. The van der Waals surface area contributed by atoms with E-state index in [9.17, 15) is 14.7 Å². The molecule has 2 N–H and O–H groups in total. The van der Waals surface area contributed by atoms with Crippen LogP contribution in [0.15, 0.2) is 67.0 Å². The maximum Gasteiger partial charge on any atom is 0.335 e. The number of imidazole rings is 1. The summed E-state index contributed by atoms with van der Waals surface area (Å²) in [7, 11) is 0. The summed E-state index contributed by atoms with van der Waals surface area (Å²) in [5.74, 6) is 0.0411. The number of aromatic carboxylic acids is 1. The van der Waals surface area contributed by atoms with Gasteiger partial charge in [-0.15, -0.1) is 0 Å². The largest absolute Gasteiger partial charge is 0.478 e. The average Bonchev–Trinajstić information content (AvgIpc) is 3.28. The first kappa shape index (κ1) is 24.1. The fourth-order valence-electron chi connectivity index (χ4n) is 4.59. The van der Waals surface area contributed by atoms with Crippen molar-refractivity contribution in [1.82, 2.24) is 19.9 Å². The van der Waals surface area contributed by atoms with E-state index >= 15 is 0 Å². The van der Waals surface area contributed by atoms with Crippen LogP contribution in [0.5, 0.6) is 0 Å². The minimum absolute atomic E-state index is 0.289. The lowest BCUT2D eigenvalue weighted by Crippen LogP contribution is -2.14. The fourth-order valence-corrected chi connectivity index (χ4v) is 4.59. The summed E-state index contributed by atoms with van der Waals surface area (Å²) in [5.41, 5.74) is 5.44. The molecule has 0 aliphatic heterocycles. The number of carbonyl (C=O) groups is 2. The molecule has 2 aromatic heterocycles. The number of carboxylic acid groups (broad SMARTS) is 1. The van der Waals surface area contributed by atoms with E-state index in [1.165, 1.54) is 24.8 Å². The zero-order chi connectivity index (χ0) is 24.6. The highest BCUT2D eigenvalue weighted by Crippen LogP contribution is 2.36. The van der Waals surface area contributed by atoms with Gasteiger partial charge in [-0.3, -0.25) is 9.78 Å². The van der Waals surface area contributed by atoms with E-state index in [0.29, 0.717) is 19.0 Å². The van der Waals surface area contributed by atoms with Crippen molar-refractivity contribution in [2.75, 3.05) is 0 Å². The SMILES string of the molecule is Cc1cccc(-c2nc3cc(C(=O)O)ccc3n2C2CCCCC2)c1.O=CNCc1ccncc1. The van der Waals surface area contributed by atoms with E-state index in [4.69, 9.17) is 4.98 Å². The molecule has 1 fully saturated rings. The Kier molecular flexibility index (Phi) is 7.88. The van der Waals surface area contributed by atoms with Crippen LogP contribution in [0.2, 0.25) is 0 Å². The molecule has 5 rings (SSSR count). The van der Waals surface area contributed by atoms with E-state index in [-0.39, 0.29) is 5.56 Å². The maximum absolute atomic E-state index is 11.3. The number of aromatic nitrogens is 3. The lowest BCUT2D eigenvalue weighted by atomic mass is 9.94. The van der Waals surface area contributed by atoms with Crippen LogP contribution in [0.1, 0.15) is 59.6 Å². The number of carboxylic acids is 1. The molecule has 7 heteroatoms. The molecule has 0 saturated heterocycles. The number of nitrogens with one attached hydrogen (secondary N) is 1. The van der Waals surface area contributed by atoms with Gasteiger partial charge in [0.15, 0.2) is 0 Å². The first-order valence-corrected chi connectivity index (χ1v) is 11.9.